The second-order valence-corrected chi connectivity index (χ2v) is 5.84. The van der Waals surface area contributed by atoms with Crippen molar-refractivity contribution < 1.29 is 5.11 Å². The maximum Gasteiger partial charge on any atom is 0.0669 e. The molecule has 0 amide bonds. The van der Waals surface area contributed by atoms with E-state index in [1.807, 2.05) is 0 Å². The lowest BCUT2D eigenvalue weighted by atomic mass is 10.00. The van der Waals surface area contributed by atoms with E-state index in [0.29, 0.717) is 0 Å². The molecule has 2 saturated carbocycles. The predicted molar refractivity (Wildman–Crippen MR) is 67.4 cm³/mol. The van der Waals surface area contributed by atoms with Crippen LogP contribution in [0.1, 0.15) is 51.9 Å². The van der Waals surface area contributed by atoms with E-state index in [1.54, 1.807) is 0 Å². The van der Waals surface area contributed by atoms with Gasteiger partial charge in [-0.15, -0.1) is 0 Å². The SMILES string of the molecule is CCN(CC(O)CC1CCCC1)CC1CC1. The zero-order valence-corrected chi connectivity index (χ0v) is 10.7. The molecule has 0 heterocycles. The van der Waals surface area contributed by atoms with Crippen LogP contribution in [-0.2, 0) is 0 Å². The number of nitrogens with zero attached hydrogens (tertiary/aromatic N) is 1. The maximum atomic E-state index is 10.1. The lowest BCUT2D eigenvalue weighted by Crippen LogP contribution is -2.34. The van der Waals surface area contributed by atoms with Gasteiger partial charge in [0.15, 0.2) is 0 Å². The number of aliphatic hydroxyl groups excluding tert-OH is 1. The maximum absolute atomic E-state index is 10.1. The highest BCUT2D eigenvalue weighted by Gasteiger charge is 2.25. The van der Waals surface area contributed by atoms with Gasteiger partial charge in [-0.25, -0.2) is 0 Å². The number of rotatable bonds is 7. The fourth-order valence-electron chi connectivity index (χ4n) is 3.00. The molecule has 0 aromatic rings. The minimum Gasteiger partial charge on any atom is -0.392 e. The van der Waals surface area contributed by atoms with Crippen LogP contribution in [0.5, 0.6) is 0 Å². The summed E-state index contributed by atoms with van der Waals surface area (Å²) >= 11 is 0. The highest BCUT2D eigenvalue weighted by Crippen LogP contribution is 2.31. The second-order valence-electron chi connectivity index (χ2n) is 5.84. The van der Waals surface area contributed by atoms with Gasteiger partial charge in [0.05, 0.1) is 6.10 Å². The van der Waals surface area contributed by atoms with Crippen molar-refractivity contribution >= 4 is 0 Å². The summed E-state index contributed by atoms with van der Waals surface area (Å²) in [6.07, 6.45) is 9.26. The highest BCUT2D eigenvalue weighted by atomic mass is 16.3. The Hall–Kier alpha value is -0.0800. The molecule has 2 aliphatic rings. The minimum absolute atomic E-state index is 0.0817. The van der Waals surface area contributed by atoms with Crippen LogP contribution in [0.2, 0.25) is 0 Å². The normalized spacial score (nSPS) is 24.2. The van der Waals surface area contributed by atoms with Crippen molar-refractivity contribution in [1.29, 1.82) is 0 Å². The molecule has 0 aliphatic heterocycles. The molecule has 1 unspecified atom stereocenters. The summed E-state index contributed by atoms with van der Waals surface area (Å²) in [4.78, 5) is 2.44. The van der Waals surface area contributed by atoms with Crippen molar-refractivity contribution in [3.8, 4) is 0 Å². The van der Waals surface area contributed by atoms with E-state index in [-0.39, 0.29) is 6.10 Å². The lowest BCUT2D eigenvalue weighted by molar-refractivity contribution is 0.0913. The van der Waals surface area contributed by atoms with E-state index in [2.05, 4.69) is 11.8 Å². The van der Waals surface area contributed by atoms with Gasteiger partial charge < -0.3 is 10.0 Å². The monoisotopic (exact) mass is 225 g/mol. The van der Waals surface area contributed by atoms with Gasteiger partial charge in [-0.1, -0.05) is 32.6 Å². The molecule has 94 valence electrons. The summed E-state index contributed by atoms with van der Waals surface area (Å²) in [6.45, 7) is 5.44. The Labute approximate surface area is 100 Å². The van der Waals surface area contributed by atoms with E-state index < -0.39 is 0 Å². The van der Waals surface area contributed by atoms with Crippen molar-refractivity contribution in [3.05, 3.63) is 0 Å². The van der Waals surface area contributed by atoms with Gasteiger partial charge in [0, 0.05) is 13.1 Å². The fraction of sp³-hybridized carbons (Fsp3) is 1.00. The summed E-state index contributed by atoms with van der Waals surface area (Å²) in [6, 6.07) is 0. The summed E-state index contributed by atoms with van der Waals surface area (Å²) in [5, 5.41) is 10.1. The van der Waals surface area contributed by atoms with Gasteiger partial charge >= 0.3 is 0 Å². The first-order valence-corrected chi connectivity index (χ1v) is 7.18. The van der Waals surface area contributed by atoms with Crippen LogP contribution in [0.3, 0.4) is 0 Å². The molecule has 0 bridgehead atoms. The Kier molecular flexibility index (Phi) is 4.66. The van der Waals surface area contributed by atoms with Crippen LogP contribution in [0.15, 0.2) is 0 Å². The van der Waals surface area contributed by atoms with Gasteiger partial charge in [-0.05, 0) is 37.6 Å². The Bertz CT molecular complexity index is 197. The Morgan fingerprint density at radius 1 is 1.12 bits per heavy atom. The summed E-state index contributed by atoms with van der Waals surface area (Å²) in [5.74, 6) is 1.76. The largest absolute Gasteiger partial charge is 0.392 e. The number of hydrogen-bond acceptors (Lipinski definition) is 2. The van der Waals surface area contributed by atoms with E-state index in [4.69, 9.17) is 0 Å². The van der Waals surface area contributed by atoms with Crippen LogP contribution in [-0.4, -0.2) is 35.7 Å². The molecule has 0 spiro atoms. The molecule has 2 aliphatic carbocycles. The van der Waals surface area contributed by atoms with Gasteiger partial charge in [0.25, 0.3) is 0 Å². The van der Waals surface area contributed by atoms with E-state index in [9.17, 15) is 5.11 Å². The third-order valence-electron chi connectivity index (χ3n) is 4.21. The van der Waals surface area contributed by atoms with E-state index in [0.717, 1.165) is 31.3 Å². The Balaban J connectivity index is 1.64. The average Bonchev–Trinajstić information content (AvgIpc) is 2.93. The predicted octanol–water partition coefficient (Wildman–Crippen LogP) is 2.66. The van der Waals surface area contributed by atoms with E-state index in [1.165, 1.54) is 45.1 Å². The molecule has 0 saturated heterocycles. The zero-order chi connectivity index (χ0) is 11.4. The molecule has 0 aromatic heterocycles. The third-order valence-corrected chi connectivity index (χ3v) is 4.21. The quantitative estimate of drug-likeness (QED) is 0.720. The zero-order valence-electron chi connectivity index (χ0n) is 10.7. The van der Waals surface area contributed by atoms with Crippen LogP contribution in [0, 0.1) is 11.8 Å². The van der Waals surface area contributed by atoms with Crippen molar-refractivity contribution in [3.63, 3.8) is 0 Å². The molecular weight excluding hydrogens is 198 g/mol. The molecule has 0 aromatic carbocycles. The van der Waals surface area contributed by atoms with E-state index >= 15 is 0 Å². The van der Waals surface area contributed by atoms with Crippen LogP contribution >= 0.6 is 0 Å². The summed E-state index contributed by atoms with van der Waals surface area (Å²) in [5.41, 5.74) is 0. The average molecular weight is 225 g/mol. The third kappa shape index (κ3) is 4.06. The smallest absolute Gasteiger partial charge is 0.0669 e. The molecule has 1 atom stereocenters. The van der Waals surface area contributed by atoms with Gasteiger partial charge in [0.2, 0.25) is 0 Å². The van der Waals surface area contributed by atoms with Crippen molar-refractivity contribution in [1.82, 2.24) is 4.90 Å². The summed E-state index contributed by atoms with van der Waals surface area (Å²) in [7, 11) is 0. The molecule has 0 radical (unpaired) electrons. The molecule has 2 rings (SSSR count). The molecule has 2 heteroatoms. The van der Waals surface area contributed by atoms with Crippen LogP contribution in [0.25, 0.3) is 0 Å². The van der Waals surface area contributed by atoms with Gasteiger partial charge in [-0.2, -0.15) is 0 Å². The topological polar surface area (TPSA) is 23.5 Å². The molecule has 2 fully saturated rings. The number of aliphatic hydroxyl groups is 1. The minimum atomic E-state index is -0.0817. The fourth-order valence-corrected chi connectivity index (χ4v) is 3.00. The van der Waals surface area contributed by atoms with Gasteiger partial charge in [0.1, 0.15) is 0 Å². The first-order valence-electron chi connectivity index (χ1n) is 7.18. The van der Waals surface area contributed by atoms with Gasteiger partial charge in [-0.3, -0.25) is 0 Å². The second kappa shape index (κ2) is 6.02. The molecule has 16 heavy (non-hydrogen) atoms. The first-order chi connectivity index (χ1) is 7.78. The molecule has 1 N–H and O–H groups in total. The van der Waals surface area contributed by atoms with Crippen LogP contribution in [0.4, 0.5) is 0 Å². The standard InChI is InChI=1S/C14H27NO/c1-2-15(10-13-7-8-13)11-14(16)9-12-5-3-4-6-12/h12-14,16H,2-11H2,1H3. The van der Waals surface area contributed by atoms with Crippen molar-refractivity contribution in [2.45, 2.75) is 58.0 Å². The Morgan fingerprint density at radius 3 is 2.38 bits per heavy atom. The molecule has 2 nitrogen and oxygen atoms in total. The lowest BCUT2D eigenvalue weighted by Gasteiger charge is -2.24. The van der Waals surface area contributed by atoms with Crippen molar-refractivity contribution in [2.24, 2.45) is 11.8 Å². The van der Waals surface area contributed by atoms with Crippen LogP contribution < -0.4 is 0 Å². The van der Waals surface area contributed by atoms with Crippen molar-refractivity contribution in [2.75, 3.05) is 19.6 Å². The number of hydrogen-bond donors (Lipinski definition) is 1. The Morgan fingerprint density at radius 2 is 1.81 bits per heavy atom. The highest BCUT2D eigenvalue weighted by molar-refractivity contribution is 4.79. The number of likely N-dealkylation sites (N-methyl/N-ethyl adjacent to an activating group) is 1. The first kappa shape index (κ1) is 12.4. The summed E-state index contributed by atoms with van der Waals surface area (Å²) < 4.78 is 0. The molecular formula is C14H27NO.